The quantitative estimate of drug-likeness (QED) is 0.674. The lowest BCUT2D eigenvalue weighted by atomic mass is 9.50. The average molecular weight is 216 g/mol. The largest absolute Gasteiger partial charge is 0.469 e. The zero-order valence-electron chi connectivity index (χ0n) is 9.75. The molecule has 2 unspecified atom stereocenters. The number of hydrogen-bond acceptors (Lipinski definition) is 2. The summed E-state index contributed by atoms with van der Waals surface area (Å²) in [6, 6.07) is 8.43. The second kappa shape index (κ2) is 2.88. The highest BCUT2D eigenvalue weighted by Crippen LogP contribution is 2.65. The Hall–Kier alpha value is -1.31. The topological polar surface area (TPSA) is 26.3 Å². The predicted molar refractivity (Wildman–Crippen MR) is 61.2 cm³/mol. The molecule has 16 heavy (non-hydrogen) atoms. The molecule has 2 nitrogen and oxygen atoms in total. The Morgan fingerprint density at radius 1 is 1.31 bits per heavy atom. The fourth-order valence-electron chi connectivity index (χ4n) is 3.61. The van der Waals surface area contributed by atoms with Crippen LogP contribution in [0.1, 0.15) is 30.9 Å². The van der Waals surface area contributed by atoms with E-state index >= 15 is 0 Å². The van der Waals surface area contributed by atoms with Gasteiger partial charge < -0.3 is 4.74 Å². The van der Waals surface area contributed by atoms with E-state index in [4.69, 9.17) is 4.74 Å². The monoisotopic (exact) mass is 216 g/mol. The van der Waals surface area contributed by atoms with Gasteiger partial charge in [0.2, 0.25) is 0 Å². The summed E-state index contributed by atoms with van der Waals surface area (Å²) in [5.74, 6) is -0.0301. The van der Waals surface area contributed by atoms with Crippen LogP contribution in [0.25, 0.3) is 0 Å². The first-order valence-corrected chi connectivity index (χ1v) is 5.81. The van der Waals surface area contributed by atoms with Gasteiger partial charge in [-0.1, -0.05) is 31.2 Å². The highest BCUT2D eigenvalue weighted by Gasteiger charge is 2.66. The van der Waals surface area contributed by atoms with Crippen molar-refractivity contribution >= 4 is 5.97 Å². The molecule has 0 saturated heterocycles. The fraction of sp³-hybridized carbons (Fsp3) is 0.500. The molecule has 0 radical (unpaired) electrons. The molecule has 0 N–H and O–H groups in total. The number of esters is 1. The molecule has 3 rings (SSSR count). The summed E-state index contributed by atoms with van der Waals surface area (Å²) >= 11 is 0. The van der Waals surface area contributed by atoms with Gasteiger partial charge in [0.25, 0.3) is 0 Å². The van der Waals surface area contributed by atoms with Crippen LogP contribution in [-0.2, 0) is 21.4 Å². The molecule has 0 bridgehead atoms. The third-order valence-corrected chi connectivity index (χ3v) is 4.79. The van der Waals surface area contributed by atoms with Crippen molar-refractivity contribution in [3.05, 3.63) is 35.4 Å². The predicted octanol–water partition coefficient (Wildman–Crippen LogP) is 2.45. The van der Waals surface area contributed by atoms with Crippen molar-refractivity contribution in [2.24, 2.45) is 5.41 Å². The van der Waals surface area contributed by atoms with Crippen molar-refractivity contribution in [2.75, 3.05) is 7.11 Å². The van der Waals surface area contributed by atoms with Gasteiger partial charge in [-0.25, -0.2) is 0 Å². The number of carbonyl (C=O) groups is 1. The summed E-state index contributed by atoms with van der Waals surface area (Å²) in [4.78, 5) is 12.0. The summed E-state index contributed by atoms with van der Waals surface area (Å²) in [6.45, 7) is 2.21. The van der Waals surface area contributed by atoms with Crippen LogP contribution in [-0.4, -0.2) is 13.1 Å². The number of carbonyl (C=O) groups excluding carboxylic acids is 1. The maximum Gasteiger partial charge on any atom is 0.313 e. The third kappa shape index (κ3) is 0.868. The molecule has 1 aromatic rings. The molecule has 1 saturated carbocycles. The van der Waals surface area contributed by atoms with E-state index in [1.807, 2.05) is 0 Å². The number of ether oxygens (including phenoxy) is 1. The summed E-state index contributed by atoms with van der Waals surface area (Å²) in [6.07, 6.45) is 2.91. The van der Waals surface area contributed by atoms with E-state index in [0.717, 1.165) is 19.3 Å². The zero-order chi connectivity index (χ0) is 11.4. The summed E-state index contributed by atoms with van der Waals surface area (Å²) in [7, 11) is 1.50. The molecule has 2 heteroatoms. The van der Waals surface area contributed by atoms with Crippen LogP contribution >= 0.6 is 0 Å². The van der Waals surface area contributed by atoms with Gasteiger partial charge in [-0.2, -0.15) is 0 Å². The van der Waals surface area contributed by atoms with Crippen molar-refractivity contribution in [1.29, 1.82) is 0 Å². The minimum Gasteiger partial charge on any atom is -0.469 e. The zero-order valence-corrected chi connectivity index (χ0v) is 9.75. The SMILES string of the molecule is COC(=O)C12CCC1(C)c1ccccc1C2. The van der Waals surface area contributed by atoms with Crippen LogP contribution in [0, 0.1) is 5.41 Å². The standard InChI is InChI=1S/C14H16O2/c1-13-7-8-14(13,12(15)16-2)9-10-5-3-4-6-11(10)13/h3-6H,7-9H2,1-2H3. The number of methoxy groups -OCH3 is 1. The molecule has 0 spiro atoms. The molecule has 0 aromatic heterocycles. The number of rotatable bonds is 1. The maximum absolute atomic E-state index is 12.0. The second-order valence-electron chi connectivity index (χ2n) is 5.24. The van der Waals surface area contributed by atoms with Gasteiger partial charge in [0.05, 0.1) is 12.5 Å². The van der Waals surface area contributed by atoms with Crippen LogP contribution in [0.2, 0.25) is 0 Å². The van der Waals surface area contributed by atoms with E-state index in [1.165, 1.54) is 18.2 Å². The minimum atomic E-state index is -0.272. The van der Waals surface area contributed by atoms with E-state index in [0.29, 0.717) is 0 Å². The van der Waals surface area contributed by atoms with Crippen molar-refractivity contribution < 1.29 is 9.53 Å². The van der Waals surface area contributed by atoms with Crippen molar-refractivity contribution in [3.8, 4) is 0 Å². The van der Waals surface area contributed by atoms with Gasteiger partial charge in [0.15, 0.2) is 0 Å². The van der Waals surface area contributed by atoms with E-state index in [1.54, 1.807) is 0 Å². The van der Waals surface area contributed by atoms with Crippen LogP contribution < -0.4 is 0 Å². The highest BCUT2D eigenvalue weighted by molar-refractivity contribution is 5.83. The number of hydrogen-bond donors (Lipinski definition) is 0. The van der Waals surface area contributed by atoms with Crippen LogP contribution in [0.4, 0.5) is 0 Å². The smallest absolute Gasteiger partial charge is 0.313 e. The Bertz CT molecular complexity index is 466. The normalized spacial score (nSPS) is 34.9. The minimum absolute atomic E-state index is 0.0106. The first kappa shape index (κ1) is 9.88. The van der Waals surface area contributed by atoms with Crippen molar-refractivity contribution in [3.63, 3.8) is 0 Å². The van der Waals surface area contributed by atoms with Crippen LogP contribution in [0.3, 0.4) is 0 Å². The number of benzene rings is 1. The van der Waals surface area contributed by atoms with Gasteiger partial charge >= 0.3 is 5.97 Å². The Kier molecular flexibility index (Phi) is 1.78. The van der Waals surface area contributed by atoms with E-state index in [9.17, 15) is 4.79 Å². The van der Waals surface area contributed by atoms with Gasteiger partial charge in [-0.15, -0.1) is 0 Å². The molecule has 1 fully saturated rings. The third-order valence-electron chi connectivity index (χ3n) is 4.79. The maximum atomic E-state index is 12.0. The van der Waals surface area contributed by atoms with E-state index < -0.39 is 0 Å². The first-order valence-electron chi connectivity index (χ1n) is 5.81. The van der Waals surface area contributed by atoms with Gasteiger partial charge in [0, 0.05) is 5.41 Å². The first-order chi connectivity index (χ1) is 7.64. The van der Waals surface area contributed by atoms with Crippen LogP contribution in [0.5, 0.6) is 0 Å². The summed E-state index contributed by atoms with van der Waals surface area (Å²) in [5.41, 5.74) is 2.42. The molecule has 2 aliphatic carbocycles. The fourth-order valence-corrected chi connectivity index (χ4v) is 3.61. The highest BCUT2D eigenvalue weighted by atomic mass is 16.5. The Balaban J connectivity index is 2.13. The average Bonchev–Trinajstić information content (AvgIpc) is 2.48. The van der Waals surface area contributed by atoms with E-state index in [2.05, 4.69) is 31.2 Å². The van der Waals surface area contributed by atoms with E-state index in [-0.39, 0.29) is 16.8 Å². The lowest BCUT2D eigenvalue weighted by molar-refractivity contribution is -0.165. The molecule has 1 aromatic carbocycles. The Morgan fingerprint density at radius 3 is 2.69 bits per heavy atom. The molecular formula is C14H16O2. The van der Waals surface area contributed by atoms with Gasteiger partial charge in [0.1, 0.15) is 0 Å². The lowest BCUT2D eigenvalue weighted by Crippen LogP contribution is -2.55. The second-order valence-corrected chi connectivity index (χ2v) is 5.24. The molecule has 0 amide bonds. The van der Waals surface area contributed by atoms with Crippen molar-refractivity contribution in [2.45, 2.75) is 31.6 Å². The molecule has 2 atom stereocenters. The molecule has 0 heterocycles. The molecule has 2 aliphatic rings. The molecule has 84 valence electrons. The Labute approximate surface area is 95.6 Å². The molecule has 0 aliphatic heterocycles. The van der Waals surface area contributed by atoms with Crippen molar-refractivity contribution in [1.82, 2.24) is 0 Å². The van der Waals surface area contributed by atoms with Gasteiger partial charge in [-0.05, 0) is 30.4 Å². The number of fused-ring (bicyclic) bond motifs is 3. The van der Waals surface area contributed by atoms with Gasteiger partial charge in [-0.3, -0.25) is 4.79 Å². The molecular weight excluding hydrogens is 200 g/mol. The summed E-state index contributed by atoms with van der Waals surface area (Å²) in [5, 5.41) is 0. The Morgan fingerprint density at radius 2 is 2.06 bits per heavy atom. The lowest BCUT2D eigenvalue weighted by Gasteiger charge is -2.51. The summed E-state index contributed by atoms with van der Waals surface area (Å²) < 4.78 is 5.02. The van der Waals surface area contributed by atoms with Crippen LogP contribution in [0.15, 0.2) is 24.3 Å².